The van der Waals surface area contributed by atoms with Crippen LogP contribution in [0.1, 0.15) is 26.6 Å². The van der Waals surface area contributed by atoms with Crippen LogP contribution in [-0.4, -0.2) is 27.2 Å². The fraction of sp³-hybridized carbons (Fsp3) is 0.0909. The van der Waals surface area contributed by atoms with E-state index in [-0.39, 0.29) is 11.9 Å². The number of carboxylic acid groups (broad SMARTS) is 1. The van der Waals surface area contributed by atoms with E-state index in [4.69, 9.17) is 9.52 Å². The third kappa shape index (κ3) is 2.60. The van der Waals surface area contributed by atoms with E-state index in [1.807, 2.05) is 0 Å². The molecule has 2 aromatic rings. The van der Waals surface area contributed by atoms with Gasteiger partial charge < -0.3 is 9.52 Å². The first kappa shape index (κ1) is 13.6. The summed E-state index contributed by atoms with van der Waals surface area (Å²) in [4.78, 5) is 22.7. The first-order valence-electron chi connectivity index (χ1n) is 5.22. The number of benzene rings is 1. The van der Waals surface area contributed by atoms with Crippen LogP contribution in [0.4, 0.5) is 14.8 Å². The van der Waals surface area contributed by atoms with Gasteiger partial charge in [0.15, 0.2) is 11.6 Å². The van der Waals surface area contributed by atoms with Crippen LogP contribution in [0, 0.1) is 18.6 Å². The minimum absolute atomic E-state index is 0.170. The Kier molecular flexibility index (Phi) is 3.42. The van der Waals surface area contributed by atoms with Crippen LogP contribution in [0.3, 0.4) is 0 Å². The highest BCUT2D eigenvalue weighted by Gasteiger charge is 2.21. The molecule has 0 aliphatic rings. The summed E-state index contributed by atoms with van der Waals surface area (Å²) in [7, 11) is 0. The van der Waals surface area contributed by atoms with E-state index in [0.717, 1.165) is 0 Å². The number of hydrogen-bond acceptors (Lipinski definition) is 5. The molecule has 0 fully saturated rings. The largest absolute Gasteiger partial charge is 0.478 e. The number of halogens is 2. The van der Waals surface area contributed by atoms with Crippen molar-refractivity contribution in [2.45, 2.75) is 6.92 Å². The predicted molar refractivity (Wildman–Crippen MR) is 60.3 cm³/mol. The molecule has 0 saturated carbocycles. The van der Waals surface area contributed by atoms with Gasteiger partial charge in [0.05, 0.1) is 11.1 Å². The predicted octanol–water partition coefficient (Wildman–Crippen LogP) is 1.61. The molecule has 1 aromatic carbocycles. The summed E-state index contributed by atoms with van der Waals surface area (Å²) in [5.74, 6) is -5.13. The maximum Gasteiger partial charge on any atom is 0.336 e. The molecule has 104 valence electrons. The van der Waals surface area contributed by atoms with Gasteiger partial charge in [-0.25, -0.2) is 13.6 Å². The second kappa shape index (κ2) is 5.03. The van der Waals surface area contributed by atoms with Gasteiger partial charge in [-0.05, 0) is 12.1 Å². The van der Waals surface area contributed by atoms with E-state index in [9.17, 15) is 18.4 Å². The van der Waals surface area contributed by atoms with Gasteiger partial charge in [-0.2, -0.15) is 0 Å². The van der Waals surface area contributed by atoms with Crippen LogP contribution in [0.15, 0.2) is 16.5 Å². The molecule has 0 saturated heterocycles. The van der Waals surface area contributed by atoms with Crippen LogP contribution in [0.2, 0.25) is 0 Å². The van der Waals surface area contributed by atoms with Crippen molar-refractivity contribution in [3.63, 3.8) is 0 Å². The number of nitrogens with zero attached hydrogens (tertiary/aromatic N) is 2. The van der Waals surface area contributed by atoms with Gasteiger partial charge in [0.25, 0.3) is 5.91 Å². The Morgan fingerprint density at radius 2 is 1.80 bits per heavy atom. The number of aromatic carboxylic acids is 1. The minimum atomic E-state index is -1.57. The maximum atomic E-state index is 13.1. The molecule has 20 heavy (non-hydrogen) atoms. The van der Waals surface area contributed by atoms with Gasteiger partial charge in [0.1, 0.15) is 0 Å². The molecular weight excluding hydrogens is 276 g/mol. The smallest absolute Gasteiger partial charge is 0.336 e. The molecule has 0 atom stereocenters. The van der Waals surface area contributed by atoms with Crippen LogP contribution < -0.4 is 5.32 Å². The molecule has 0 aliphatic heterocycles. The topological polar surface area (TPSA) is 105 Å². The highest BCUT2D eigenvalue weighted by molar-refractivity contribution is 6.10. The summed E-state index contributed by atoms with van der Waals surface area (Å²) in [6.45, 7) is 1.48. The molecule has 7 nitrogen and oxygen atoms in total. The van der Waals surface area contributed by atoms with Crippen molar-refractivity contribution in [2.75, 3.05) is 5.32 Å². The average molecular weight is 283 g/mol. The first-order valence-corrected chi connectivity index (χ1v) is 5.22. The van der Waals surface area contributed by atoms with Gasteiger partial charge in [0.2, 0.25) is 5.89 Å². The fourth-order valence-electron chi connectivity index (χ4n) is 1.42. The SMILES string of the molecule is Cc1nnc(NC(=O)c2cc(F)c(F)cc2C(=O)O)o1. The highest BCUT2D eigenvalue weighted by Crippen LogP contribution is 2.17. The molecule has 0 bridgehead atoms. The maximum absolute atomic E-state index is 13.1. The number of amides is 1. The lowest BCUT2D eigenvalue weighted by molar-refractivity contribution is 0.0691. The van der Waals surface area contributed by atoms with E-state index in [1.54, 1.807) is 0 Å². The summed E-state index contributed by atoms with van der Waals surface area (Å²) < 4.78 is 31.0. The first-order chi connectivity index (χ1) is 9.38. The molecule has 2 rings (SSSR count). The van der Waals surface area contributed by atoms with Crippen LogP contribution >= 0.6 is 0 Å². The molecule has 1 amide bonds. The van der Waals surface area contributed by atoms with Crippen molar-refractivity contribution in [3.8, 4) is 0 Å². The molecule has 9 heteroatoms. The number of aromatic nitrogens is 2. The van der Waals surface area contributed by atoms with Crippen molar-refractivity contribution in [1.29, 1.82) is 0 Å². The van der Waals surface area contributed by atoms with Gasteiger partial charge in [-0.15, -0.1) is 5.10 Å². The zero-order chi connectivity index (χ0) is 14.9. The summed E-state index contributed by atoms with van der Waals surface area (Å²) in [5, 5.41) is 17.9. The lowest BCUT2D eigenvalue weighted by Gasteiger charge is -2.05. The Labute approximate surface area is 110 Å². The number of hydrogen-bond donors (Lipinski definition) is 2. The molecule has 1 aromatic heterocycles. The van der Waals surface area contributed by atoms with Crippen LogP contribution in [0.5, 0.6) is 0 Å². The summed E-state index contributed by atoms with van der Waals surface area (Å²) in [6.07, 6.45) is 0. The summed E-state index contributed by atoms with van der Waals surface area (Å²) >= 11 is 0. The number of aryl methyl sites for hydroxylation is 1. The van der Waals surface area contributed by atoms with E-state index >= 15 is 0 Å². The van der Waals surface area contributed by atoms with Crippen molar-refractivity contribution < 1.29 is 27.9 Å². The molecule has 0 radical (unpaired) electrons. The van der Waals surface area contributed by atoms with Crippen LogP contribution in [0.25, 0.3) is 0 Å². The Balaban J connectivity index is 2.38. The number of carbonyl (C=O) groups is 2. The highest BCUT2D eigenvalue weighted by atomic mass is 19.2. The van der Waals surface area contributed by atoms with Crippen LogP contribution in [-0.2, 0) is 0 Å². The average Bonchev–Trinajstić information content (AvgIpc) is 2.77. The lowest BCUT2D eigenvalue weighted by Crippen LogP contribution is -2.17. The second-order valence-electron chi connectivity index (χ2n) is 3.70. The molecule has 1 heterocycles. The van der Waals surface area contributed by atoms with Crippen molar-refractivity contribution in [2.24, 2.45) is 0 Å². The number of rotatable bonds is 3. The summed E-state index contributed by atoms with van der Waals surface area (Å²) in [6, 6.07) is 0.622. The Morgan fingerprint density at radius 3 is 2.30 bits per heavy atom. The van der Waals surface area contributed by atoms with Crippen molar-refractivity contribution >= 4 is 17.9 Å². The Hall–Kier alpha value is -2.84. The third-order valence-electron chi connectivity index (χ3n) is 2.28. The zero-order valence-electron chi connectivity index (χ0n) is 9.98. The quantitative estimate of drug-likeness (QED) is 0.886. The Bertz CT molecular complexity index is 699. The molecular formula is C11H7F2N3O4. The Morgan fingerprint density at radius 1 is 1.20 bits per heavy atom. The molecule has 0 aliphatic carbocycles. The van der Waals surface area contributed by atoms with Gasteiger partial charge in [-0.3, -0.25) is 10.1 Å². The molecule has 2 N–H and O–H groups in total. The van der Waals surface area contributed by atoms with Gasteiger partial charge in [0, 0.05) is 6.92 Å². The van der Waals surface area contributed by atoms with Gasteiger partial charge in [-0.1, -0.05) is 5.10 Å². The van der Waals surface area contributed by atoms with E-state index < -0.39 is 34.6 Å². The fourth-order valence-corrected chi connectivity index (χ4v) is 1.42. The minimum Gasteiger partial charge on any atom is -0.478 e. The number of anilines is 1. The van der Waals surface area contributed by atoms with E-state index in [0.29, 0.717) is 12.1 Å². The monoisotopic (exact) mass is 283 g/mol. The van der Waals surface area contributed by atoms with Crippen molar-refractivity contribution in [3.05, 3.63) is 40.8 Å². The number of nitrogens with one attached hydrogen (secondary N) is 1. The second-order valence-corrected chi connectivity index (χ2v) is 3.70. The molecule has 0 unspecified atom stereocenters. The van der Waals surface area contributed by atoms with Gasteiger partial charge >= 0.3 is 12.0 Å². The lowest BCUT2D eigenvalue weighted by atomic mass is 10.1. The zero-order valence-corrected chi connectivity index (χ0v) is 9.98. The van der Waals surface area contributed by atoms with E-state index in [2.05, 4.69) is 15.5 Å². The molecule has 0 spiro atoms. The normalized spacial score (nSPS) is 10.3. The summed E-state index contributed by atoms with van der Waals surface area (Å²) in [5.41, 5.74) is -1.25. The standard InChI is InChI=1S/C11H7F2N3O4/c1-4-15-16-11(20-4)14-9(17)5-2-7(12)8(13)3-6(5)10(18)19/h2-3H,1H3,(H,18,19)(H,14,16,17). The third-order valence-corrected chi connectivity index (χ3v) is 2.28. The van der Waals surface area contributed by atoms with E-state index in [1.165, 1.54) is 6.92 Å². The number of carbonyl (C=O) groups excluding carboxylic acids is 1. The van der Waals surface area contributed by atoms with Crippen molar-refractivity contribution in [1.82, 2.24) is 10.2 Å². The number of carboxylic acids is 1.